The molecule has 0 bridgehead atoms. The first-order valence-electron chi connectivity index (χ1n) is 6.40. The molecule has 2 nitrogen and oxygen atoms in total. The van der Waals surface area contributed by atoms with E-state index in [-0.39, 0.29) is 0 Å². The molecular weight excluding hydrogens is 216 g/mol. The Labute approximate surface area is 101 Å². The van der Waals surface area contributed by atoms with Crippen LogP contribution in [-0.4, -0.2) is 11.5 Å². The fraction of sp³-hybridized carbons (Fsp3) is 0.769. The second kappa shape index (κ2) is 4.11. The van der Waals surface area contributed by atoms with Crippen LogP contribution in [0.5, 0.6) is 0 Å². The first-order chi connectivity index (χ1) is 7.78. The minimum absolute atomic E-state index is 0.686. The summed E-state index contributed by atoms with van der Waals surface area (Å²) < 4.78 is 0. The van der Waals surface area contributed by atoms with E-state index in [0.29, 0.717) is 5.41 Å². The van der Waals surface area contributed by atoms with Gasteiger partial charge in [-0.1, -0.05) is 6.42 Å². The number of thiazole rings is 1. The van der Waals surface area contributed by atoms with E-state index in [1.54, 1.807) is 11.3 Å². The summed E-state index contributed by atoms with van der Waals surface area (Å²) in [4.78, 5) is 4.49. The van der Waals surface area contributed by atoms with Gasteiger partial charge in [-0.2, -0.15) is 0 Å². The van der Waals surface area contributed by atoms with Gasteiger partial charge >= 0.3 is 0 Å². The third-order valence-corrected chi connectivity index (χ3v) is 5.06. The Morgan fingerprint density at radius 1 is 1.50 bits per heavy atom. The van der Waals surface area contributed by atoms with E-state index >= 15 is 0 Å². The number of hydrogen-bond acceptors (Lipinski definition) is 3. The van der Waals surface area contributed by atoms with Crippen molar-refractivity contribution in [2.75, 3.05) is 6.54 Å². The molecule has 0 aliphatic heterocycles. The molecule has 0 spiro atoms. The molecular formula is C13H20N2S. The van der Waals surface area contributed by atoms with Crippen molar-refractivity contribution in [3.8, 4) is 0 Å². The summed E-state index contributed by atoms with van der Waals surface area (Å²) in [6.07, 6.45) is 7.34. The molecule has 3 heteroatoms. The van der Waals surface area contributed by atoms with E-state index in [1.165, 1.54) is 49.4 Å². The van der Waals surface area contributed by atoms with Gasteiger partial charge < -0.3 is 5.32 Å². The topological polar surface area (TPSA) is 24.9 Å². The molecule has 1 aromatic heterocycles. The zero-order chi connectivity index (χ0) is 11.0. The molecule has 16 heavy (non-hydrogen) atoms. The van der Waals surface area contributed by atoms with E-state index in [2.05, 4.69) is 22.6 Å². The summed E-state index contributed by atoms with van der Waals surface area (Å²) in [5.41, 5.74) is 1.90. The minimum Gasteiger partial charge on any atom is -0.311 e. The van der Waals surface area contributed by atoms with Crippen molar-refractivity contribution in [3.05, 3.63) is 16.1 Å². The van der Waals surface area contributed by atoms with Gasteiger partial charge in [0.15, 0.2) is 0 Å². The van der Waals surface area contributed by atoms with Gasteiger partial charge in [-0.3, -0.25) is 0 Å². The minimum atomic E-state index is 0.686. The smallest absolute Gasteiger partial charge is 0.0897 e. The average molecular weight is 236 g/mol. The molecule has 88 valence electrons. The van der Waals surface area contributed by atoms with Crippen LogP contribution < -0.4 is 5.32 Å². The molecule has 0 saturated heterocycles. The summed E-state index contributed by atoms with van der Waals surface area (Å²) in [7, 11) is 0. The summed E-state index contributed by atoms with van der Waals surface area (Å²) in [6, 6.07) is 0. The van der Waals surface area contributed by atoms with Crippen LogP contribution in [0.3, 0.4) is 0 Å². The molecule has 0 atom stereocenters. The Kier molecular flexibility index (Phi) is 2.76. The molecule has 0 amide bonds. The Morgan fingerprint density at radius 2 is 2.31 bits per heavy atom. The van der Waals surface area contributed by atoms with Crippen molar-refractivity contribution in [1.82, 2.24) is 10.3 Å². The third-order valence-electron chi connectivity index (χ3n) is 4.24. The molecule has 1 heterocycles. The number of nitrogens with zero attached hydrogens (tertiary/aromatic N) is 1. The molecule has 0 aromatic carbocycles. The molecule has 2 saturated carbocycles. The van der Waals surface area contributed by atoms with Gasteiger partial charge in [0.25, 0.3) is 0 Å². The highest BCUT2D eigenvalue weighted by atomic mass is 32.1. The van der Waals surface area contributed by atoms with Crippen molar-refractivity contribution in [2.45, 2.75) is 45.6 Å². The molecule has 0 radical (unpaired) electrons. The van der Waals surface area contributed by atoms with Crippen LogP contribution in [-0.2, 0) is 6.54 Å². The number of aryl methyl sites for hydroxylation is 1. The van der Waals surface area contributed by atoms with Gasteiger partial charge in [0.1, 0.15) is 0 Å². The molecule has 2 aliphatic carbocycles. The number of hydrogen-bond donors (Lipinski definition) is 1. The lowest BCUT2D eigenvalue weighted by atomic mass is 9.65. The highest BCUT2D eigenvalue weighted by molar-refractivity contribution is 7.09. The average Bonchev–Trinajstić information content (AvgIpc) is 2.96. The predicted molar refractivity (Wildman–Crippen MR) is 67.6 cm³/mol. The molecule has 1 aromatic rings. The number of nitrogens with one attached hydrogen (secondary N) is 1. The zero-order valence-electron chi connectivity index (χ0n) is 9.96. The van der Waals surface area contributed by atoms with Crippen LogP contribution in [0.15, 0.2) is 5.38 Å². The monoisotopic (exact) mass is 236 g/mol. The number of aromatic nitrogens is 1. The van der Waals surface area contributed by atoms with E-state index in [1.807, 2.05) is 0 Å². The van der Waals surface area contributed by atoms with Gasteiger partial charge in [0.05, 0.1) is 10.7 Å². The van der Waals surface area contributed by atoms with E-state index in [0.717, 1.165) is 12.5 Å². The van der Waals surface area contributed by atoms with Crippen LogP contribution in [0.2, 0.25) is 0 Å². The van der Waals surface area contributed by atoms with Gasteiger partial charge in [0, 0.05) is 18.5 Å². The quantitative estimate of drug-likeness (QED) is 0.849. The SMILES string of the molecule is Cc1nc(CNCC2(C3CC3)CCC2)cs1. The van der Waals surface area contributed by atoms with Crippen molar-refractivity contribution in [3.63, 3.8) is 0 Å². The number of rotatable bonds is 5. The summed E-state index contributed by atoms with van der Waals surface area (Å²) in [5.74, 6) is 1.05. The third kappa shape index (κ3) is 2.03. The lowest BCUT2D eigenvalue weighted by molar-refractivity contribution is 0.0986. The molecule has 2 aliphatic rings. The molecule has 1 N–H and O–H groups in total. The normalized spacial score (nSPS) is 23.1. The Hall–Kier alpha value is -0.410. The van der Waals surface area contributed by atoms with Crippen molar-refractivity contribution < 1.29 is 0 Å². The van der Waals surface area contributed by atoms with E-state index in [9.17, 15) is 0 Å². The second-order valence-corrected chi connectivity index (χ2v) is 6.51. The van der Waals surface area contributed by atoms with Crippen LogP contribution in [0.4, 0.5) is 0 Å². The summed E-state index contributed by atoms with van der Waals surface area (Å²) >= 11 is 1.75. The molecule has 2 fully saturated rings. The lowest BCUT2D eigenvalue weighted by Gasteiger charge is -2.42. The zero-order valence-corrected chi connectivity index (χ0v) is 10.8. The molecule has 0 unspecified atom stereocenters. The van der Waals surface area contributed by atoms with Crippen molar-refractivity contribution >= 4 is 11.3 Å². The van der Waals surface area contributed by atoms with E-state index in [4.69, 9.17) is 0 Å². The van der Waals surface area contributed by atoms with Crippen LogP contribution in [0.25, 0.3) is 0 Å². The largest absolute Gasteiger partial charge is 0.311 e. The summed E-state index contributed by atoms with van der Waals surface area (Å²) in [6.45, 7) is 4.25. The van der Waals surface area contributed by atoms with Gasteiger partial charge in [-0.25, -0.2) is 4.98 Å². The Morgan fingerprint density at radius 3 is 2.81 bits per heavy atom. The van der Waals surface area contributed by atoms with Gasteiger partial charge in [-0.05, 0) is 43.9 Å². The highest BCUT2D eigenvalue weighted by Gasteiger charge is 2.48. The van der Waals surface area contributed by atoms with E-state index < -0.39 is 0 Å². The maximum atomic E-state index is 4.49. The Balaban J connectivity index is 1.49. The maximum absolute atomic E-state index is 4.49. The standard InChI is InChI=1S/C13H20N2S/c1-10-15-12(8-16-10)7-14-9-13(5-2-6-13)11-3-4-11/h8,11,14H,2-7,9H2,1H3. The maximum Gasteiger partial charge on any atom is 0.0897 e. The fourth-order valence-electron chi connectivity index (χ4n) is 2.98. The highest BCUT2D eigenvalue weighted by Crippen LogP contribution is 2.56. The first-order valence-corrected chi connectivity index (χ1v) is 7.28. The predicted octanol–water partition coefficient (Wildman–Crippen LogP) is 3.12. The van der Waals surface area contributed by atoms with Crippen LogP contribution in [0.1, 0.15) is 42.8 Å². The fourth-order valence-corrected chi connectivity index (χ4v) is 3.60. The lowest BCUT2D eigenvalue weighted by Crippen LogP contribution is -2.41. The summed E-state index contributed by atoms with van der Waals surface area (Å²) in [5, 5.41) is 6.97. The van der Waals surface area contributed by atoms with Crippen LogP contribution >= 0.6 is 11.3 Å². The Bertz CT molecular complexity index is 364. The van der Waals surface area contributed by atoms with Gasteiger partial charge in [0.2, 0.25) is 0 Å². The second-order valence-electron chi connectivity index (χ2n) is 5.45. The first kappa shape index (κ1) is 10.7. The molecule has 3 rings (SSSR count). The van der Waals surface area contributed by atoms with Crippen molar-refractivity contribution in [1.29, 1.82) is 0 Å². The van der Waals surface area contributed by atoms with Crippen LogP contribution in [0, 0.1) is 18.3 Å². The van der Waals surface area contributed by atoms with Gasteiger partial charge in [-0.15, -0.1) is 11.3 Å². The van der Waals surface area contributed by atoms with Crippen molar-refractivity contribution in [2.24, 2.45) is 11.3 Å².